The maximum atomic E-state index is 5.88. The Morgan fingerprint density at radius 2 is 2.26 bits per heavy atom. The van der Waals surface area contributed by atoms with Crippen LogP contribution >= 0.6 is 0 Å². The number of anilines is 2. The van der Waals surface area contributed by atoms with Crippen molar-refractivity contribution in [2.24, 2.45) is 0 Å². The highest BCUT2D eigenvalue weighted by molar-refractivity contribution is 5.91. The van der Waals surface area contributed by atoms with Crippen LogP contribution in [0.5, 0.6) is 0 Å². The van der Waals surface area contributed by atoms with Crippen LogP contribution in [0, 0.1) is 0 Å². The molecular formula is C14H18N4O. The Bertz CT molecular complexity index is 587. The Labute approximate surface area is 112 Å². The number of nitrogens with two attached hydrogens (primary N) is 1. The lowest BCUT2D eigenvalue weighted by molar-refractivity contribution is 0.0892. The highest BCUT2D eigenvalue weighted by Crippen LogP contribution is 2.27. The number of ether oxygens (including phenoxy) is 1. The zero-order valence-corrected chi connectivity index (χ0v) is 11.0. The van der Waals surface area contributed by atoms with E-state index in [0.29, 0.717) is 0 Å². The van der Waals surface area contributed by atoms with E-state index < -0.39 is 0 Å². The number of aromatic nitrogens is 2. The van der Waals surface area contributed by atoms with Crippen molar-refractivity contribution in [1.29, 1.82) is 0 Å². The standard InChI is InChI=1S/C14H18N4O/c1-19-11-3-2-6-18(8-11)14-12-7-10(15)4-5-13(12)16-9-17-14/h4-5,7,9,11H,2-3,6,8,15H2,1H3. The molecule has 1 atom stereocenters. The summed E-state index contributed by atoms with van der Waals surface area (Å²) in [6.07, 6.45) is 4.12. The van der Waals surface area contributed by atoms with Gasteiger partial charge in [-0.2, -0.15) is 0 Å². The van der Waals surface area contributed by atoms with Crippen LogP contribution in [0.2, 0.25) is 0 Å². The van der Waals surface area contributed by atoms with E-state index in [9.17, 15) is 0 Å². The van der Waals surface area contributed by atoms with E-state index in [-0.39, 0.29) is 6.10 Å². The number of benzene rings is 1. The summed E-state index contributed by atoms with van der Waals surface area (Å²) in [7, 11) is 1.77. The molecule has 19 heavy (non-hydrogen) atoms. The molecule has 5 heteroatoms. The molecule has 0 aliphatic carbocycles. The van der Waals surface area contributed by atoms with Crippen LogP contribution in [0.4, 0.5) is 11.5 Å². The average molecular weight is 258 g/mol. The van der Waals surface area contributed by atoms with E-state index in [0.717, 1.165) is 48.3 Å². The van der Waals surface area contributed by atoms with Crippen LogP contribution in [-0.2, 0) is 4.74 Å². The smallest absolute Gasteiger partial charge is 0.140 e. The van der Waals surface area contributed by atoms with Gasteiger partial charge in [-0.3, -0.25) is 0 Å². The summed E-state index contributed by atoms with van der Waals surface area (Å²) >= 11 is 0. The lowest BCUT2D eigenvalue weighted by Gasteiger charge is -2.33. The molecule has 1 aliphatic heterocycles. The normalized spacial score (nSPS) is 19.8. The summed E-state index contributed by atoms with van der Waals surface area (Å²) in [5.74, 6) is 0.957. The van der Waals surface area contributed by atoms with Gasteiger partial charge in [0.25, 0.3) is 0 Å². The maximum Gasteiger partial charge on any atom is 0.140 e. The molecule has 100 valence electrons. The minimum Gasteiger partial charge on any atom is -0.399 e. The third kappa shape index (κ3) is 2.33. The fraction of sp³-hybridized carbons (Fsp3) is 0.429. The first-order valence-corrected chi connectivity index (χ1v) is 6.56. The predicted molar refractivity (Wildman–Crippen MR) is 76.2 cm³/mol. The molecule has 1 aromatic carbocycles. The SMILES string of the molecule is COC1CCCN(c2ncnc3ccc(N)cc23)C1. The number of methoxy groups -OCH3 is 1. The number of hydrogen-bond acceptors (Lipinski definition) is 5. The fourth-order valence-corrected chi connectivity index (χ4v) is 2.64. The molecule has 2 aromatic rings. The Morgan fingerprint density at radius 1 is 1.37 bits per heavy atom. The van der Waals surface area contributed by atoms with E-state index in [1.807, 2.05) is 18.2 Å². The van der Waals surface area contributed by atoms with Gasteiger partial charge < -0.3 is 15.4 Å². The summed E-state index contributed by atoms with van der Waals surface area (Å²) in [6, 6.07) is 5.75. The summed E-state index contributed by atoms with van der Waals surface area (Å²) in [4.78, 5) is 11.0. The molecule has 2 heterocycles. The Hall–Kier alpha value is -1.88. The number of nitrogens with zero attached hydrogens (tertiary/aromatic N) is 3. The predicted octanol–water partition coefficient (Wildman–Crippen LogP) is 1.83. The van der Waals surface area contributed by atoms with Gasteiger partial charge in [-0.1, -0.05) is 0 Å². The van der Waals surface area contributed by atoms with Crippen molar-refractivity contribution < 1.29 is 4.74 Å². The third-order valence-electron chi connectivity index (χ3n) is 3.65. The lowest BCUT2D eigenvalue weighted by Crippen LogP contribution is -2.39. The van der Waals surface area contributed by atoms with E-state index in [4.69, 9.17) is 10.5 Å². The van der Waals surface area contributed by atoms with E-state index in [1.54, 1.807) is 13.4 Å². The summed E-state index contributed by atoms with van der Waals surface area (Å²) in [5, 5.41) is 1.01. The van der Waals surface area contributed by atoms with Crippen molar-refractivity contribution >= 4 is 22.4 Å². The van der Waals surface area contributed by atoms with Gasteiger partial charge in [0, 0.05) is 31.3 Å². The second-order valence-corrected chi connectivity index (χ2v) is 4.92. The zero-order chi connectivity index (χ0) is 13.2. The van der Waals surface area contributed by atoms with E-state index >= 15 is 0 Å². The molecule has 1 aliphatic rings. The number of nitrogen functional groups attached to an aromatic ring is 1. The van der Waals surface area contributed by atoms with Crippen LogP contribution in [0.3, 0.4) is 0 Å². The van der Waals surface area contributed by atoms with Crippen molar-refractivity contribution in [2.45, 2.75) is 18.9 Å². The Kier molecular flexibility index (Phi) is 3.21. The van der Waals surface area contributed by atoms with Crippen LogP contribution < -0.4 is 10.6 Å². The molecule has 1 unspecified atom stereocenters. The zero-order valence-electron chi connectivity index (χ0n) is 11.0. The number of fused-ring (bicyclic) bond motifs is 1. The largest absolute Gasteiger partial charge is 0.399 e. The molecule has 2 N–H and O–H groups in total. The Balaban J connectivity index is 2.02. The van der Waals surface area contributed by atoms with Gasteiger partial charge in [0.05, 0.1) is 11.6 Å². The van der Waals surface area contributed by atoms with Gasteiger partial charge in [-0.25, -0.2) is 9.97 Å². The molecule has 0 radical (unpaired) electrons. The second-order valence-electron chi connectivity index (χ2n) is 4.92. The third-order valence-corrected chi connectivity index (χ3v) is 3.65. The first-order chi connectivity index (χ1) is 9.28. The van der Waals surface area contributed by atoms with Crippen molar-refractivity contribution in [3.05, 3.63) is 24.5 Å². The van der Waals surface area contributed by atoms with Gasteiger partial charge in [0.2, 0.25) is 0 Å². The van der Waals surface area contributed by atoms with E-state index in [1.165, 1.54) is 0 Å². The van der Waals surface area contributed by atoms with Crippen molar-refractivity contribution in [3.8, 4) is 0 Å². The number of piperidine rings is 1. The molecule has 1 aromatic heterocycles. The molecule has 5 nitrogen and oxygen atoms in total. The van der Waals surface area contributed by atoms with Gasteiger partial charge in [0.15, 0.2) is 0 Å². The first kappa shape index (κ1) is 12.2. The topological polar surface area (TPSA) is 64.3 Å². The Morgan fingerprint density at radius 3 is 3.11 bits per heavy atom. The lowest BCUT2D eigenvalue weighted by atomic mass is 10.1. The molecule has 0 spiro atoms. The van der Waals surface area contributed by atoms with Crippen LogP contribution in [0.15, 0.2) is 24.5 Å². The first-order valence-electron chi connectivity index (χ1n) is 6.56. The minimum absolute atomic E-state index is 0.278. The summed E-state index contributed by atoms with van der Waals surface area (Å²) in [5.41, 5.74) is 7.55. The van der Waals surface area contributed by atoms with Gasteiger partial charge in [0.1, 0.15) is 12.1 Å². The molecule has 1 fully saturated rings. The fourth-order valence-electron chi connectivity index (χ4n) is 2.64. The van der Waals surface area contributed by atoms with Crippen molar-refractivity contribution in [3.63, 3.8) is 0 Å². The van der Waals surface area contributed by atoms with Crippen molar-refractivity contribution in [1.82, 2.24) is 9.97 Å². The van der Waals surface area contributed by atoms with Gasteiger partial charge in [-0.05, 0) is 31.0 Å². The second kappa shape index (κ2) is 5.01. The number of hydrogen-bond donors (Lipinski definition) is 1. The molecule has 3 rings (SSSR count). The molecule has 0 bridgehead atoms. The average Bonchev–Trinajstić information content (AvgIpc) is 2.46. The highest BCUT2D eigenvalue weighted by Gasteiger charge is 2.22. The minimum atomic E-state index is 0.278. The molecular weight excluding hydrogens is 240 g/mol. The van der Waals surface area contributed by atoms with Crippen LogP contribution in [0.25, 0.3) is 10.9 Å². The molecule has 0 saturated carbocycles. The van der Waals surface area contributed by atoms with Gasteiger partial charge >= 0.3 is 0 Å². The number of rotatable bonds is 2. The summed E-state index contributed by atoms with van der Waals surface area (Å²) < 4.78 is 5.47. The van der Waals surface area contributed by atoms with Crippen LogP contribution in [-0.4, -0.2) is 36.3 Å². The van der Waals surface area contributed by atoms with Crippen LogP contribution in [0.1, 0.15) is 12.8 Å². The highest BCUT2D eigenvalue weighted by atomic mass is 16.5. The van der Waals surface area contributed by atoms with Gasteiger partial charge in [-0.15, -0.1) is 0 Å². The summed E-state index contributed by atoms with van der Waals surface area (Å²) in [6.45, 7) is 1.87. The quantitative estimate of drug-likeness (QED) is 0.832. The molecule has 0 amide bonds. The maximum absolute atomic E-state index is 5.88. The van der Waals surface area contributed by atoms with E-state index in [2.05, 4.69) is 14.9 Å². The molecule has 1 saturated heterocycles. The van der Waals surface area contributed by atoms with Crippen molar-refractivity contribution in [2.75, 3.05) is 30.8 Å². The monoisotopic (exact) mass is 258 g/mol.